The predicted molar refractivity (Wildman–Crippen MR) is 40.0 cm³/mol. The van der Waals surface area contributed by atoms with E-state index in [2.05, 4.69) is 5.32 Å². The molecule has 0 unspecified atom stereocenters. The van der Waals surface area contributed by atoms with Crippen molar-refractivity contribution in [2.24, 2.45) is 11.8 Å². The first-order valence-electron chi connectivity index (χ1n) is 4.23. The van der Waals surface area contributed by atoms with Crippen molar-refractivity contribution in [3.05, 3.63) is 0 Å². The minimum atomic E-state index is -0.0579. The van der Waals surface area contributed by atoms with Crippen molar-refractivity contribution < 1.29 is 9.53 Å². The van der Waals surface area contributed by atoms with Gasteiger partial charge in [0, 0.05) is 0 Å². The van der Waals surface area contributed by atoms with Crippen LogP contribution < -0.4 is 5.32 Å². The van der Waals surface area contributed by atoms with Gasteiger partial charge in [0.1, 0.15) is 6.04 Å². The maximum Gasteiger partial charge on any atom is 0.323 e. The van der Waals surface area contributed by atoms with Crippen LogP contribution in [0, 0.1) is 11.8 Å². The van der Waals surface area contributed by atoms with Crippen LogP contribution >= 0.6 is 0 Å². The fourth-order valence-electron chi connectivity index (χ4n) is 1.83. The van der Waals surface area contributed by atoms with Gasteiger partial charge >= 0.3 is 5.97 Å². The van der Waals surface area contributed by atoms with E-state index in [1.165, 1.54) is 6.42 Å². The molecule has 0 bridgehead atoms. The van der Waals surface area contributed by atoms with E-state index in [4.69, 9.17) is 4.74 Å². The Bertz CT molecular complexity index is 181. The van der Waals surface area contributed by atoms with Crippen molar-refractivity contribution >= 4 is 5.97 Å². The molecule has 0 radical (unpaired) electrons. The number of carbonyl (C=O) groups excluding carboxylic acids is 1. The highest BCUT2D eigenvalue weighted by Gasteiger charge is 2.51. The standard InChI is InChI=1S/C8H13NO2/c1-2-11-8(10)7-6-3-5(6)4-9-7/h5-7,9H,2-4H2,1H3/t5-,6-,7+/m0/s1. The number of hydrogen-bond acceptors (Lipinski definition) is 3. The highest BCUT2D eigenvalue weighted by atomic mass is 16.5. The van der Waals surface area contributed by atoms with Gasteiger partial charge in [-0.1, -0.05) is 0 Å². The van der Waals surface area contributed by atoms with Crippen molar-refractivity contribution in [2.45, 2.75) is 19.4 Å². The first-order valence-corrected chi connectivity index (χ1v) is 4.23. The van der Waals surface area contributed by atoms with Gasteiger partial charge in [-0.3, -0.25) is 4.79 Å². The minimum Gasteiger partial charge on any atom is -0.465 e. The monoisotopic (exact) mass is 155 g/mol. The van der Waals surface area contributed by atoms with Crippen molar-refractivity contribution in [2.75, 3.05) is 13.2 Å². The molecule has 1 aliphatic heterocycles. The molecule has 1 N–H and O–H groups in total. The van der Waals surface area contributed by atoms with E-state index in [9.17, 15) is 4.79 Å². The molecular weight excluding hydrogens is 142 g/mol. The number of carbonyl (C=O) groups is 1. The van der Waals surface area contributed by atoms with Gasteiger partial charge in [0.05, 0.1) is 6.61 Å². The van der Waals surface area contributed by atoms with Crippen molar-refractivity contribution in [3.8, 4) is 0 Å². The number of fused-ring (bicyclic) bond motifs is 1. The van der Waals surface area contributed by atoms with E-state index in [0.717, 1.165) is 12.5 Å². The van der Waals surface area contributed by atoms with Gasteiger partial charge in [0.25, 0.3) is 0 Å². The SMILES string of the molecule is CCOC(=O)[C@@H]1NC[C@@H]2C[C@@H]21. The maximum absolute atomic E-state index is 11.2. The number of ether oxygens (including phenoxy) is 1. The molecule has 3 atom stereocenters. The molecule has 2 rings (SSSR count). The maximum atomic E-state index is 11.2. The molecule has 1 aliphatic carbocycles. The normalized spacial score (nSPS) is 39.9. The zero-order valence-electron chi connectivity index (χ0n) is 6.67. The lowest BCUT2D eigenvalue weighted by molar-refractivity contribution is -0.145. The van der Waals surface area contributed by atoms with Crippen molar-refractivity contribution in [1.82, 2.24) is 5.32 Å². The van der Waals surface area contributed by atoms with Gasteiger partial charge in [-0.2, -0.15) is 0 Å². The second-order valence-corrected chi connectivity index (χ2v) is 3.30. The Morgan fingerprint density at radius 3 is 3.00 bits per heavy atom. The minimum absolute atomic E-state index is 0.0138. The lowest BCUT2D eigenvalue weighted by Gasteiger charge is -2.10. The van der Waals surface area contributed by atoms with Crippen LogP contribution in [0.3, 0.4) is 0 Å². The number of hydrogen-bond donors (Lipinski definition) is 1. The Morgan fingerprint density at radius 2 is 2.55 bits per heavy atom. The molecule has 3 heteroatoms. The Hall–Kier alpha value is -0.570. The second kappa shape index (κ2) is 2.48. The molecule has 0 spiro atoms. The van der Waals surface area contributed by atoms with Crippen LogP contribution in [-0.4, -0.2) is 25.2 Å². The molecule has 0 aromatic rings. The summed E-state index contributed by atoms with van der Waals surface area (Å²) in [6, 6.07) is 0.0138. The molecule has 2 fully saturated rings. The summed E-state index contributed by atoms with van der Waals surface area (Å²) in [5.41, 5.74) is 0. The number of piperidine rings is 1. The fourth-order valence-corrected chi connectivity index (χ4v) is 1.83. The van der Waals surface area contributed by atoms with Gasteiger partial charge in [-0.25, -0.2) is 0 Å². The zero-order chi connectivity index (χ0) is 7.84. The largest absolute Gasteiger partial charge is 0.465 e. The molecule has 0 amide bonds. The van der Waals surface area contributed by atoms with E-state index in [-0.39, 0.29) is 12.0 Å². The predicted octanol–water partition coefficient (Wildman–Crippen LogP) is 0.157. The lowest BCUT2D eigenvalue weighted by Crippen LogP contribution is -2.36. The summed E-state index contributed by atoms with van der Waals surface area (Å²) in [6.45, 7) is 3.35. The second-order valence-electron chi connectivity index (χ2n) is 3.30. The van der Waals surface area contributed by atoms with Crippen LogP contribution in [0.1, 0.15) is 13.3 Å². The van der Waals surface area contributed by atoms with Gasteiger partial charge in [0.15, 0.2) is 0 Å². The van der Waals surface area contributed by atoms with Gasteiger partial charge in [-0.15, -0.1) is 0 Å². The van der Waals surface area contributed by atoms with E-state index in [1.54, 1.807) is 0 Å². The summed E-state index contributed by atoms with van der Waals surface area (Å²) in [7, 11) is 0. The molecule has 2 aliphatic rings. The quantitative estimate of drug-likeness (QED) is 0.577. The topological polar surface area (TPSA) is 38.3 Å². The van der Waals surface area contributed by atoms with Crippen LogP contribution in [0.2, 0.25) is 0 Å². The van der Waals surface area contributed by atoms with Gasteiger partial charge in [0.2, 0.25) is 0 Å². The third-order valence-electron chi connectivity index (χ3n) is 2.55. The number of esters is 1. The van der Waals surface area contributed by atoms with Gasteiger partial charge in [-0.05, 0) is 31.7 Å². The van der Waals surface area contributed by atoms with E-state index >= 15 is 0 Å². The molecule has 0 aromatic carbocycles. The van der Waals surface area contributed by atoms with Crippen LogP contribution in [0.15, 0.2) is 0 Å². The highest BCUT2D eigenvalue weighted by molar-refractivity contribution is 5.77. The first kappa shape index (κ1) is 7.10. The van der Waals surface area contributed by atoms with Crippen LogP contribution in [-0.2, 0) is 9.53 Å². The average Bonchev–Trinajstić information content (AvgIpc) is 2.63. The van der Waals surface area contributed by atoms with Crippen LogP contribution in [0.5, 0.6) is 0 Å². The molecular formula is C8H13NO2. The lowest BCUT2D eigenvalue weighted by atomic mass is 10.2. The van der Waals surface area contributed by atoms with E-state index < -0.39 is 0 Å². The Balaban J connectivity index is 1.89. The third-order valence-corrected chi connectivity index (χ3v) is 2.55. The molecule has 1 saturated carbocycles. The van der Waals surface area contributed by atoms with Crippen LogP contribution in [0.4, 0.5) is 0 Å². The van der Waals surface area contributed by atoms with E-state index in [1.807, 2.05) is 6.92 Å². The number of nitrogens with one attached hydrogen (secondary N) is 1. The molecule has 11 heavy (non-hydrogen) atoms. The first-order chi connectivity index (χ1) is 5.33. The fraction of sp³-hybridized carbons (Fsp3) is 0.875. The zero-order valence-corrected chi connectivity index (χ0v) is 6.67. The Morgan fingerprint density at radius 1 is 1.73 bits per heavy atom. The smallest absolute Gasteiger partial charge is 0.323 e. The molecule has 0 aromatic heterocycles. The Labute approximate surface area is 66.1 Å². The molecule has 1 heterocycles. The van der Waals surface area contributed by atoms with E-state index in [0.29, 0.717) is 12.5 Å². The molecule has 62 valence electrons. The molecule has 3 nitrogen and oxygen atoms in total. The third kappa shape index (κ3) is 1.13. The molecule has 1 saturated heterocycles. The Kier molecular flexibility index (Phi) is 1.60. The summed E-state index contributed by atoms with van der Waals surface area (Å²) < 4.78 is 4.92. The summed E-state index contributed by atoms with van der Waals surface area (Å²) in [4.78, 5) is 11.2. The number of rotatable bonds is 2. The van der Waals surface area contributed by atoms with Crippen molar-refractivity contribution in [3.63, 3.8) is 0 Å². The van der Waals surface area contributed by atoms with Crippen molar-refractivity contribution in [1.29, 1.82) is 0 Å². The highest BCUT2D eigenvalue weighted by Crippen LogP contribution is 2.45. The summed E-state index contributed by atoms with van der Waals surface area (Å²) in [6.07, 6.45) is 1.22. The summed E-state index contributed by atoms with van der Waals surface area (Å²) in [5, 5.41) is 3.17. The summed E-state index contributed by atoms with van der Waals surface area (Å²) >= 11 is 0. The average molecular weight is 155 g/mol. The van der Waals surface area contributed by atoms with Crippen LogP contribution in [0.25, 0.3) is 0 Å². The summed E-state index contributed by atoms with van der Waals surface area (Å²) in [5.74, 6) is 1.30. The van der Waals surface area contributed by atoms with Gasteiger partial charge < -0.3 is 10.1 Å².